The topological polar surface area (TPSA) is 66.9 Å². The van der Waals surface area contributed by atoms with E-state index < -0.39 is 5.91 Å². The fourth-order valence-corrected chi connectivity index (χ4v) is 0.367. The van der Waals surface area contributed by atoms with E-state index in [0.717, 1.165) is 0 Å². The number of nitriles is 1. The summed E-state index contributed by atoms with van der Waals surface area (Å²) in [5.74, 6) is -0.694. The van der Waals surface area contributed by atoms with Gasteiger partial charge in [0.1, 0.15) is 11.6 Å². The van der Waals surface area contributed by atoms with Crippen LogP contribution in [0.25, 0.3) is 0 Å². The molecule has 3 nitrogen and oxygen atoms in total. The summed E-state index contributed by atoms with van der Waals surface area (Å²) in [6, 6.07) is 1.67. The van der Waals surface area contributed by atoms with Crippen LogP contribution in [0.15, 0.2) is 23.8 Å². The highest BCUT2D eigenvalue weighted by Crippen LogP contribution is 1.89. The van der Waals surface area contributed by atoms with Crippen molar-refractivity contribution in [1.29, 1.82) is 5.26 Å². The fraction of sp³-hybridized carbons (Fsp3) is 0.143. The molecule has 0 atom stereocenters. The molecule has 0 unspecified atom stereocenters. The Morgan fingerprint density at radius 3 is 2.60 bits per heavy atom. The van der Waals surface area contributed by atoms with Crippen molar-refractivity contribution >= 4 is 5.91 Å². The van der Waals surface area contributed by atoms with Crippen LogP contribution in [0.5, 0.6) is 0 Å². The number of rotatable bonds is 2. The zero-order valence-electron chi connectivity index (χ0n) is 5.66. The predicted molar refractivity (Wildman–Crippen MR) is 37.7 cm³/mol. The second kappa shape index (κ2) is 4.33. The van der Waals surface area contributed by atoms with E-state index >= 15 is 0 Å². The van der Waals surface area contributed by atoms with Crippen molar-refractivity contribution in [3.63, 3.8) is 0 Å². The maximum Gasteiger partial charge on any atom is 0.259 e. The first kappa shape index (κ1) is 8.44. The molecule has 0 spiro atoms. The average Bonchev–Trinajstić information content (AvgIpc) is 1.89. The van der Waals surface area contributed by atoms with Crippen LogP contribution in [0.2, 0.25) is 0 Å². The van der Waals surface area contributed by atoms with Crippen LogP contribution in [-0.2, 0) is 4.79 Å². The number of allylic oxidation sites excluding steroid dienone is 3. The van der Waals surface area contributed by atoms with Crippen LogP contribution in [0.3, 0.4) is 0 Å². The third kappa shape index (κ3) is 2.68. The second-order valence-corrected chi connectivity index (χ2v) is 1.58. The lowest BCUT2D eigenvalue weighted by atomic mass is 10.2. The first-order valence-electron chi connectivity index (χ1n) is 2.75. The molecule has 0 radical (unpaired) electrons. The molecule has 0 saturated carbocycles. The van der Waals surface area contributed by atoms with Gasteiger partial charge in [0, 0.05) is 0 Å². The predicted octanol–water partition coefficient (Wildman–Crippen LogP) is 0.498. The summed E-state index contributed by atoms with van der Waals surface area (Å²) in [5, 5.41) is 8.27. The van der Waals surface area contributed by atoms with Crippen molar-refractivity contribution in [3.8, 4) is 6.07 Å². The highest BCUT2D eigenvalue weighted by molar-refractivity contribution is 5.96. The van der Waals surface area contributed by atoms with Gasteiger partial charge in [-0.25, -0.2) is 0 Å². The Labute approximate surface area is 59.4 Å². The Bertz CT molecular complexity index is 220. The number of hydrogen-bond acceptors (Lipinski definition) is 2. The molecule has 0 aromatic carbocycles. The summed E-state index contributed by atoms with van der Waals surface area (Å²) in [6.07, 6.45) is 4.67. The van der Waals surface area contributed by atoms with Crippen molar-refractivity contribution in [2.24, 2.45) is 5.73 Å². The Hall–Kier alpha value is -1.56. The van der Waals surface area contributed by atoms with Gasteiger partial charge in [-0.1, -0.05) is 12.2 Å². The molecular formula is C7H8N2O. The SMILES string of the molecule is C/C=C/C=C(/C#N)C(N)=O. The Morgan fingerprint density at radius 1 is 1.70 bits per heavy atom. The third-order valence-corrected chi connectivity index (χ3v) is 0.841. The van der Waals surface area contributed by atoms with Crippen LogP contribution in [0.1, 0.15) is 6.92 Å². The standard InChI is InChI=1S/C7H8N2O/c1-2-3-4-6(5-8)7(9)10/h2-4H,1H3,(H2,9,10)/b3-2+,6-4-. The second-order valence-electron chi connectivity index (χ2n) is 1.58. The van der Waals surface area contributed by atoms with Crippen molar-refractivity contribution in [3.05, 3.63) is 23.8 Å². The molecular weight excluding hydrogens is 128 g/mol. The maximum atomic E-state index is 10.3. The minimum atomic E-state index is -0.694. The molecule has 3 heteroatoms. The highest BCUT2D eigenvalue weighted by Gasteiger charge is 1.98. The summed E-state index contributed by atoms with van der Waals surface area (Å²) >= 11 is 0. The smallest absolute Gasteiger partial charge is 0.259 e. The number of hydrogen-bond donors (Lipinski definition) is 1. The Kier molecular flexibility index (Phi) is 3.66. The number of nitrogens with two attached hydrogens (primary N) is 1. The van der Waals surface area contributed by atoms with Gasteiger partial charge < -0.3 is 5.73 Å². The van der Waals surface area contributed by atoms with Crippen LogP contribution < -0.4 is 5.73 Å². The molecule has 52 valence electrons. The molecule has 0 aromatic rings. The lowest BCUT2D eigenvalue weighted by molar-refractivity contribution is -0.114. The van der Waals surface area contributed by atoms with Gasteiger partial charge in [0.2, 0.25) is 0 Å². The fourth-order valence-electron chi connectivity index (χ4n) is 0.367. The van der Waals surface area contributed by atoms with Gasteiger partial charge in [-0.3, -0.25) is 4.79 Å². The largest absolute Gasteiger partial charge is 0.365 e. The lowest BCUT2D eigenvalue weighted by Crippen LogP contribution is -2.12. The molecule has 0 aliphatic rings. The zero-order valence-corrected chi connectivity index (χ0v) is 5.66. The van der Waals surface area contributed by atoms with Gasteiger partial charge >= 0.3 is 0 Å². The number of primary amides is 1. The normalized spacial score (nSPS) is 11.4. The van der Waals surface area contributed by atoms with Crippen molar-refractivity contribution in [2.75, 3.05) is 0 Å². The minimum absolute atomic E-state index is 0.0295. The van der Waals surface area contributed by atoms with Crippen LogP contribution in [0.4, 0.5) is 0 Å². The van der Waals surface area contributed by atoms with Gasteiger partial charge in [-0.05, 0) is 13.0 Å². The Balaban J connectivity index is 4.38. The summed E-state index contributed by atoms with van der Waals surface area (Å²) in [5.41, 5.74) is 4.79. The zero-order chi connectivity index (χ0) is 7.98. The van der Waals surface area contributed by atoms with Crippen molar-refractivity contribution in [2.45, 2.75) is 6.92 Å². The van der Waals surface area contributed by atoms with Gasteiger partial charge in [-0.2, -0.15) is 5.26 Å². The average molecular weight is 136 g/mol. The molecule has 0 heterocycles. The molecule has 0 fully saturated rings. The van der Waals surface area contributed by atoms with Gasteiger partial charge in [-0.15, -0.1) is 0 Å². The van der Waals surface area contributed by atoms with Gasteiger partial charge in [0.05, 0.1) is 0 Å². The molecule has 2 N–H and O–H groups in total. The molecule has 0 aromatic heterocycles. The maximum absolute atomic E-state index is 10.3. The summed E-state index contributed by atoms with van der Waals surface area (Å²) in [7, 11) is 0. The molecule has 0 saturated heterocycles. The van der Waals surface area contributed by atoms with E-state index in [9.17, 15) is 4.79 Å². The molecule has 0 bridgehead atoms. The van der Waals surface area contributed by atoms with Gasteiger partial charge in [0.25, 0.3) is 5.91 Å². The Morgan fingerprint density at radius 2 is 2.30 bits per heavy atom. The van der Waals surface area contributed by atoms with Crippen molar-refractivity contribution in [1.82, 2.24) is 0 Å². The lowest BCUT2D eigenvalue weighted by Gasteiger charge is -1.84. The number of carbonyl (C=O) groups is 1. The summed E-state index contributed by atoms with van der Waals surface area (Å²) in [4.78, 5) is 10.3. The van der Waals surface area contributed by atoms with Crippen LogP contribution >= 0.6 is 0 Å². The molecule has 0 aliphatic carbocycles. The van der Waals surface area contributed by atoms with E-state index in [2.05, 4.69) is 0 Å². The first-order valence-corrected chi connectivity index (χ1v) is 2.75. The molecule has 0 rings (SSSR count). The van der Waals surface area contributed by atoms with Crippen LogP contribution in [-0.4, -0.2) is 5.91 Å². The quantitative estimate of drug-likeness (QED) is 0.341. The number of carbonyl (C=O) groups excluding carboxylic acids is 1. The van der Waals surface area contributed by atoms with E-state index in [4.69, 9.17) is 11.0 Å². The molecule has 0 aliphatic heterocycles. The number of nitrogens with zero attached hydrogens (tertiary/aromatic N) is 1. The van der Waals surface area contributed by atoms with E-state index in [1.807, 2.05) is 0 Å². The summed E-state index contributed by atoms with van der Waals surface area (Å²) in [6.45, 7) is 1.78. The molecule has 10 heavy (non-hydrogen) atoms. The monoisotopic (exact) mass is 136 g/mol. The van der Waals surface area contributed by atoms with E-state index in [1.54, 1.807) is 25.1 Å². The van der Waals surface area contributed by atoms with Crippen molar-refractivity contribution < 1.29 is 4.79 Å². The van der Waals surface area contributed by atoms with Gasteiger partial charge in [0.15, 0.2) is 0 Å². The van der Waals surface area contributed by atoms with Crippen LogP contribution in [0, 0.1) is 11.3 Å². The first-order chi connectivity index (χ1) is 4.72. The van der Waals surface area contributed by atoms with E-state index in [-0.39, 0.29) is 5.57 Å². The molecule has 1 amide bonds. The third-order valence-electron chi connectivity index (χ3n) is 0.841. The summed E-state index contributed by atoms with van der Waals surface area (Å²) < 4.78 is 0. The van der Waals surface area contributed by atoms with E-state index in [1.165, 1.54) is 6.08 Å². The van der Waals surface area contributed by atoms with E-state index in [0.29, 0.717) is 0 Å². The minimum Gasteiger partial charge on any atom is -0.365 e. The highest BCUT2D eigenvalue weighted by atomic mass is 16.1. The number of amides is 1.